The second-order valence-corrected chi connectivity index (χ2v) is 4.48. The van der Waals surface area contributed by atoms with Gasteiger partial charge in [0.25, 0.3) is 0 Å². The Bertz CT molecular complexity index is 523. The van der Waals surface area contributed by atoms with E-state index in [2.05, 4.69) is 19.9 Å². The molecule has 0 saturated heterocycles. The first-order valence-corrected chi connectivity index (χ1v) is 5.86. The molecule has 2 aromatic heterocycles. The van der Waals surface area contributed by atoms with Crippen molar-refractivity contribution in [1.29, 1.82) is 0 Å². The molecule has 3 N–H and O–H groups in total. The Balaban J connectivity index is 2.06. The Morgan fingerprint density at radius 2 is 2.22 bits per heavy atom. The van der Waals surface area contributed by atoms with E-state index in [0.29, 0.717) is 17.9 Å². The number of hydrogen-bond acceptors (Lipinski definition) is 6. The highest BCUT2D eigenvalue weighted by Gasteiger charge is 2.08. The molecule has 0 bridgehead atoms. The van der Waals surface area contributed by atoms with Crippen molar-refractivity contribution in [1.82, 2.24) is 24.4 Å². The smallest absolute Gasteiger partial charge is 0.165 e. The number of nitrogens with two attached hydrogens (primary N) is 1. The minimum absolute atomic E-state index is 0.326. The number of rotatable bonds is 5. The lowest BCUT2D eigenvalue weighted by atomic mass is 10.4. The summed E-state index contributed by atoms with van der Waals surface area (Å²) < 4.78 is 1.94. The van der Waals surface area contributed by atoms with E-state index in [0.717, 1.165) is 18.7 Å². The molecule has 2 heterocycles. The van der Waals surface area contributed by atoms with Gasteiger partial charge in [-0.15, -0.1) is 0 Å². The van der Waals surface area contributed by atoms with Gasteiger partial charge in [-0.25, -0.2) is 15.0 Å². The quantitative estimate of drug-likeness (QED) is 0.758. The molecule has 2 rings (SSSR count). The molecule has 0 radical (unpaired) electrons. The molecule has 0 aliphatic rings. The molecule has 7 nitrogen and oxygen atoms in total. The first-order chi connectivity index (χ1) is 8.58. The average molecular weight is 250 g/mol. The Morgan fingerprint density at radius 3 is 2.94 bits per heavy atom. The zero-order chi connectivity index (χ0) is 13.1. The van der Waals surface area contributed by atoms with Crippen LogP contribution >= 0.6 is 0 Å². The number of likely N-dealkylation sites (N-methyl/N-ethyl adjacent to an activating group) is 1. The SMILES string of the molecule is CC(O)CN(C)CCn1cnc2c(N)ncnc21. The number of imidazole rings is 1. The third-order valence-electron chi connectivity index (χ3n) is 2.73. The molecule has 0 aliphatic carbocycles. The molecule has 1 unspecified atom stereocenters. The van der Waals surface area contributed by atoms with Gasteiger partial charge < -0.3 is 20.3 Å². The molecule has 98 valence electrons. The summed E-state index contributed by atoms with van der Waals surface area (Å²) in [5.74, 6) is 0.399. The van der Waals surface area contributed by atoms with Crippen LogP contribution in [0.15, 0.2) is 12.7 Å². The summed E-state index contributed by atoms with van der Waals surface area (Å²) in [5.41, 5.74) is 7.10. The van der Waals surface area contributed by atoms with E-state index in [1.54, 1.807) is 13.3 Å². The van der Waals surface area contributed by atoms with Crippen molar-refractivity contribution in [2.45, 2.75) is 19.6 Å². The topological polar surface area (TPSA) is 93.1 Å². The Labute approximate surface area is 105 Å². The second-order valence-electron chi connectivity index (χ2n) is 4.48. The predicted molar refractivity (Wildman–Crippen MR) is 68.9 cm³/mol. The molecule has 18 heavy (non-hydrogen) atoms. The molecule has 1 atom stereocenters. The molecule has 7 heteroatoms. The maximum absolute atomic E-state index is 9.29. The summed E-state index contributed by atoms with van der Waals surface area (Å²) >= 11 is 0. The van der Waals surface area contributed by atoms with Crippen LogP contribution in [0, 0.1) is 0 Å². The molecule has 0 amide bonds. The van der Waals surface area contributed by atoms with Gasteiger partial charge in [0.15, 0.2) is 11.5 Å². The monoisotopic (exact) mass is 250 g/mol. The number of nitrogens with zero attached hydrogens (tertiary/aromatic N) is 5. The molecule has 0 saturated carbocycles. The first-order valence-electron chi connectivity index (χ1n) is 5.86. The Hall–Kier alpha value is -1.73. The molecule has 2 aromatic rings. The predicted octanol–water partition coefficient (Wildman–Crippen LogP) is -0.279. The standard InChI is InChI=1S/C11H18N6O/c1-8(18)5-16(2)3-4-17-7-15-9-10(12)13-6-14-11(9)17/h6-8,18H,3-5H2,1-2H3,(H2,12,13,14). The van der Waals surface area contributed by atoms with Gasteiger partial charge in [0.1, 0.15) is 11.8 Å². The highest BCUT2D eigenvalue weighted by atomic mass is 16.3. The normalized spacial score (nSPS) is 13.3. The summed E-state index contributed by atoms with van der Waals surface area (Å²) in [7, 11) is 1.97. The first kappa shape index (κ1) is 12.7. The number of anilines is 1. The van der Waals surface area contributed by atoms with Crippen LogP contribution in [0.3, 0.4) is 0 Å². The zero-order valence-electron chi connectivity index (χ0n) is 10.6. The second kappa shape index (κ2) is 5.28. The Morgan fingerprint density at radius 1 is 1.44 bits per heavy atom. The van der Waals surface area contributed by atoms with Crippen LogP contribution in [0.2, 0.25) is 0 Å². The van der Waals surface area contributed by atoms with E-state index in [9.17, 15) is 5.11 Å². The van der Waals surface area contributed by atoms with Gasteiger partial charge in [-0.05, 0) is 14.0 Å². The van der Waals surface area contributed by atoms with E-state index in [4.69, 9.17) is 5.73 Å². The van der Waals surface area contributed by atoms with Gasteiger partial charge in [0.2, 0.25) is 0 Å². The summed E-state index contributed by atoms with van der Waals surface area (Å²) in [6, 6.07) is 0. The molecular weight excluding hydrogens is 232 g/mol. The van der Waals surface area contributed by atoms with E-state index in [-0.39, 0.29) is 6.10 Å². The third kappa shape index (κ3) is 2.74. The van der Waals surface area contributed by atoms with Crippen LogP contribution in [0.25, 0.3) is 11.2 Å². The molecule has 0 aliphatic heterocycles. The van der Waals surface area contributed by atoms with Crippen LogP contribution in [-0.2, 0) is 6.54 Å². The van der Waals surface area contributed by atoms with Crippen molar-refractivity contribution < 1.29 is 5.11 Å². The Kier molecular flexibility index (Phi) is 3.73. The van der Waals surface area contributed by atoms with E-state index >= 15 is 0 Å². The fourth-order valence-electron chi connectivity index (χ4n) is 1.88. The minimum atomic E-state index is -0.326. The molecule has 0 fully saturated rings. The van der Waals surface area contributed by atoms with Crippen LogP contribution < -0.4 is 5.73 Å². The van der Waals surface area contributed by atoms with Crippen LogP contribution in [0.4, 0.5) is 5.82 Å². The van der Waals surface area contributed by atoms with E-state index in [1.165, 1.54) is 6.33 Å². The van der Waals surface area contributed by atoms with Crippen molar-refractivity contribution in [3.63, 3.8) is 0 Å². The van der Waals surface area contributed by atoms with Crippen LogP contribution in [-0.4, -0.2) is 55.8 Å². The fourth-order valence-corrected chi connectivity index (χ4v) is 1.88. The average Bonchev–Trinajstić information content (AvgIpc) is 2.70. The van der Waals surface area contributed by atoms with Gasteiger partial charge in [0, 0.05) is 19.6 Å². The van der Waals surface area contributed by atoms with Crippen molar-refractivity contribution in [3.8, 4) is 0 Å². The summed E-state index contributed by atoms with van der Waals surface area (Å²) in [4.78, 5) is 14.3. The van der Waals surface area contributed by atoms with Crippen LogP contribution in [0.1, 0.15) is 6.92 Å². The highest BCUT2D eigenvalue weighted by molar-refractivity contribution is 5.80. The third-order valence-corrected chi connectivity index (χ3v) is 2.73. The number of aromatic nitrogens is 4. The molecule has 0 spiro atoms. The summed E-state index contributed by atoms with van der Waals surface area (Å²) in [6.07, 6.45) is 2.83. The van der Waals surface area contributed by atoms with Gasteiger partial charge in [0.05, 0.1) is 12.4 Å². The van der Waals surface area contributed by atoms with Crippen molar-refractivity contribution in [2.24, 2.45) is 0 Å². The van der Waals surface area contributed by atoms with Crippen molar-refractivity contribution >= 4 is 17.0 Å². The maximum atomic E-state index is 9.29. The number of fused-ring (bicyclic) bond motifs is 1. The summed E-state index contributed by atoms with van der Waals surface area (Å²) in [6.45, 7) is 3.97. The number of hydrogen-bond donors (Lipinski definition) is 2. The van der Waals surface area contributed by atoms with Gasteiger partial charge >= 0.3 is 0 Å². The number of nitrogen functional groups attached to an aromatic ring is 1. The summed E-state index contributed by atoms with van der Waals surface area (Å²) in [5, 5.41) is 9.29. The zero-order valence-corrected chi connectivity index (χ0v) is 10.6. The number of aliphatic hydroxyl groups excluding tert-OH is 1. The lowest BCUT2D eigenvalue weighted by Gasteiger charge is -2.18. The largest absolute Gasteiger partial charge is 0.392 e. The van der Waals surface area contributed by atoms with Gasteiger partial charge in [-0.3, -0.25) is 0 Å². The van der Waals surface area contributed by atoms with Crippen LogP contribution in [0.5, 0.6) is 0 Å². The number of aliphatic hydroxyl groups is 1. The van der Waals surface area contributed by atoms with Gasteiger partial charge in [-0.2, -0.15) is 0 Å². The van der Waals surface area contributed by atoms with E-state index < -0.39 is 0 Å². The van der Waals surface area contributed by atoms with Crippen molar-refractivity contribution in [3.05, 3.63) is 12.7 Å². The van der Waals surface area contributed by atoms with Crippen molar-refractivity contribution in [2.75, 3.05) is 25.9 Å². The minimum Gasteiger partial charge on any atom is -0.392 e. The lowest BCUT2D eigenvalue weighted by molar-refractivity contribution is 0.139. The van der Waals surface area contributed by atoms with Gasteiger partial charge in [-0.1, -0.05) is 0 Å². The molecule has 0 aromatic carbocycles. The maximum Gasteiger partial charge on any atom is 0.165 e. The van der Waals surface area contributed by atoms with E-state index in [1.807, 2.05) is 11.6 Å². The highest BCUT2D eigenvalue weighted by Crippen LogP contribution is 2.13. The molecular formula is C11H18N6O. The fraction of sp³-hybridized carbons (Fsp3) is 0.545. The lowest BCUT2D eigenvalue weighted by Crippen LogP contribution is -2.30.